The van der Waals surface area contributed by atoms with Gasteiger partial charge in [0, 0.05) is 6.54 Å². The fourth-order valence-corrected chi connectivity index (χ4v) is 2.01. The molecular formula is C12H23N3O4S. The average Bonchev–Trinajstić information content (AvgIpc) is 2.41. The van der Waals surface area contributed by atoms with Gasteiger partial charge in [-0.2, -0.15) is 11.8 Å². The second kappa shape index (κ2) is 11.5. The zero-order valence-electron chi connectivity index (χ0n) is 11.9. The minimum absolute atomic E-state index is 0.148. The first kappa shape index (κ1) is 18.7. The molecule has 0 aliphatic heterocycles. The van der Waals surface area contributed by atoms with Crippen molar-refractivity contribution in [1.82, 2.24) is 10.6 Å². The van der Waals surface area contributed by atoms with Crippen molar-refractivity contribution in [2.75, 3.05) is 24.7 Å². The van der Waals surface area contributed by atoms with E-state index in [-0.39, 0.29) is 11.7 Å². The van der Waals surface area contributed by atoms with E-state index in [4.69, 9.17) is 10.5 Å². The number of amides is 3. The van der Waals surface area contributed by atoms with Crippen LogP contribution in [0.1, 0.15) is 26.7 Å². The molecule has 4 N–H and O–H groups in total. The molecule has 0 aliphatic rings. The maximum absolute atomic E-state index is 11.4. The normalized spacial score (nSPS) is 11.6. The highest BCUT2D eigenvalue weighted by molar-refractivity contribution is 7.99. The molecule has 0 heterocycles. The molecule has 0 spiro atoms. The van der Waals surface area contributed by atoms with E-state index in [0.717, 1.165) is 6.42 Å². The van der Waals surface area contributed by atoms with Crippen molar-refractivity contribution >= 4 is 29.7 Å². The van der Waals surface area contributed by atoms with Gasteiger partial charge in [-0.25, -0.2) is 4.79 Å². The summed E-state index contributed by atoms with van der Waals surface area (Å²) in [6, 6.07) is -1.15. The molecule has 0 radical (unpaired) electrons. The van der Waals surface area contributed by atoms with Crippen LogP contribution in [-0.2, 0) is 14.3 Å². The van der Waals surface area contributed by atoms with Crippen LogP contribution < -0.4 is 16.4 Å². The molecule has 7 nitrogen and oxygen atoms in total. The van der Waals surface area contributed by atoms with E-state index in [2.05, 4.69) is 10.6 Å². The van der Waals surface area contributed by atoms with Crippen LogP contribution in [0.5, 0.6) is 0 Å². The van der Waals surface area contributed by atoms with Crippen LogP contribution in [0.15, 0.2) is 0 Å². The van der Waals surface area contributed by atoms with E-state index in [1.807, 2.05) is 6.92 Å². The van der Waals surface area contributed by atoms with Gasteiger partial charge in [0.1, 0.15) is 6.04 Å². The summed E-state index contributed by atoms with van der Waals surface area (Å²) in [6.07, 6.45) is 1.24. The Kier molecular flexibility index (Phi) is 10.8. The second-order valence-electron chi connectivity index (χ2n) is 4.00. The van der Waals surface area contributed by atoms with E-state index in [1.54, 1.807) is 6.92 Å². The van der Waals surface area contributed by atoms with Crippen molar-refractivity contribution in [2.24, 2.45) is 5.73 Å². The summed E-state index contributed by atoms with van der Waals surface area (Å²) >= 11 is 1.31. The van der Waals surface area contributed by atoms with Crippen LogP contribution in [0.4, 0.5) is 4.79 Å². The number of ether oxygens (including phenoxy) is 1. The largest absolute Gasteiger partial charge is 0.465 e. The van der Waals surface area contributed by atoms with Crippen molar-refractivity contribution in [3.8, 4) is 0 Å². The van der Waals surface area contributed by atoms with Crippen LogP contribution in [0.3, 0.4) is 0 Å². The first-order valence-electron chi connectivity index (χ1n) is 6.58. The Morgan fingerprint density at radius 3 is 2.60 bits per heavy atom. The minimum atomic E-state index is -0.668. The molecule has 3 amide bonds. The number of rotatable bonds is 9. The summed E-state index contributed by atoms with van der Waals surface area (Å²) in [7, 11) is 0. The highest BCUT2D eigenvalue weighted by Crippen LogP contribution is 2.04. The minimum Gasteiger partial charge on any atom is -0.465 e. The van der Waals surface area contributed by atoms with Crippen molar-refractivity contribution in [3.05, 3.63) is 0 Å². The number of nitrogens with two attached hydrogens (primary N) is 1. The molecular weight excluding hydrogens is 282 g/mol. The summed E-state index contributed by atoms with van der Waals surface area (Å²) in [5.74, 6) is -0.108. The fourth-order valence-electron chi connectivity index (χ4n) is 1.19. The van der Waals surface area contributed by atoms with E-state index in [0.29, 0.717) is 25.3 Å². The molecule has 0 saturated carbocycles. The van der Waals surface area contributed by atoms with Crippen molar-refractivity contribution in [1.29, 1.82) is 0 Å². The Morgan fingerprint density at radius 1 is 1.30 bits per heavy atom. The van der Waals surface area contributed by atoms with Gasteiger partial charge in [-0.05, 0) is 25.5 Å². The molecule has 0 aromatic carbocycles. The van der Waals surface area contributed by atoms with E-state index < -0.39 is 18.0 Å². The predicted octanol–water partition coefficient (Wildman–Crippen LogP) is 0.236. The number of imide groups is 1. The molecule has 1 unspecified atom stereocenters. The van der Waals surface area contributed by atoms with Gasteiger partial charge < -0.3 is 15.8 Å². The predicted molar refractivity (Wildman–Crippen MR) is 78.4 cm³/mol. The summed E-state index contributed by atoms with van der Waals surface area (Å²) in [5, 5.41) is 4.75. The molecule has 0 aliphatic carbocycles. The quantitative estimate of drug-likeness (QED) is 0.415. The Morgan fingerprint density at radius 2 is 2.00 bits per heavy atom. The molecule has 0 aromatic rings. The summed E-state index contributed by atoms with van der Waals surface area (Å²) in [4.78, 5) is 33.8. The van der Waals surface area contributed by atoms with Crippen molar-refractivity contribution in [2.45, 2.75) is 32.7 Å². The monoisotopic (exact) mass is 305 g/mol. The maximum atomic E-state index is 11.4. The number of nitrogens with one attached hydrogen (secondary N) is 2. The standard InChI is InChI=1S/C12H23N3O4S/c1-3-6-14-12(18)15-10(16)8-20-7-5-9(13)11(17)19-4-2/h9H,3-8,13H2,1-2H3,(H2,14,15,16,18). The summed E-state index contributed by atoms with van der Waals surface area (Å²) in [5.41, 5.74) is 5.60. The zero-order valence-corrected chi connectivity index (χ0v) is 12.8. The third-order valence-electron chi connectivity index (χ3n) is 2.18. The second-order valence-corrected chi connectivity index (χ2v) is 5.11. The lowest BCUT2D eigenvalue weighted by molar-refractivity contribution is -0.144. The molecule has 20 heavy (non-hydrogen) atoms. The molecule has 0 rings (SSSR count). The van der Waals surface area contributed by atoms with Crippen LogP contribution in [0.2, 0.25) is 0 Å². The molecule has 8 heteroatoms. The van der Waals surface area contributed by atoms with E-state index in [9.17, 15) is 14.4 Å². The lowest BCUT2D eigenvalue weighted by atomic mass is 10.2. The third kappa shape index (κ3) is 9.62. The Hall–Kier alpha value is -1.28. The van der Waals surface area contributed by atoms with Crippen molar-refractivity contribution < 1.29 is 19.1 Å². The molecule has 116 valence electrons. The van der Waals surface area contributed by atoms with Gasteiger partial charge in [0.25, 0.3) is 0 Å². The number of carbonyl (C=O) groups is 3. The smallest absolute Gasteiger partial charge is 0.322 e. The SMILES string of the molecule is CCCNC(=O)NC(=O)CSCCC(N)C(=O)OCC. The first-order valence-corrected chi connectivity index (χ1v) is 7.74. The summed E-state index contributed by atoms with van der Waals surface area (Å²) < 4.78 is 4.77. The number of esters is 1. The van der Waals surface area contributed by atoms with Crippen LogP contribution in [0.25, 0.3) is 0 Å². The van der Waals surface area contributed by atoms with E-state index >= 15 is 0 Å². The van der Waals surface area contributed by atoms with Gasteiger partial charge in [-0.1, -0.05) is 6.92 Å². The van der Waals surface area contributed by atoms with Gasteiger partial charge in [0.2, 0.25) is 5.91 Å². The zero-order chi connectivity index (χ0) is 15.4. The molecule has 0 fully saturated rings. The van der Waals surface area contributed by atoms with Gasteiger partial charge in [0.05, 0.1) is 12.4 Å². The highest BCUT2D eigenvalue weighted by Gasteiger charge is 2.14. The van der Waals surface area contributed by atoms with Crippen molar-refractivity contribution in [3.63, 3.8) is 0 Å². The molecule has 0 aromatic heterocycles. The van der Waals surface area contributed by atoms with Gasteiger partial charge >= 0.3 is 12.0 Å². The number of hydrogen-bond donors (Lipinski definition) is 3. The highest BCUT2D eigenvalue weighted by atomic mass is 32.2. The molecule has 0 saturated heterocycles. The van der Waals surface area contributed by atoms with Crippen LogP contribution in [0, 0.1) is 0 Å². The fraction of sp³-hybridized carbons (Fsp3) is 0.750. The number of urea groups is 1. The Bertz CT molecular complexity index is 326. The van der Waals surface area contributed by atoms with Crippen LogP contribution in [-0.4, -0.2) is 48.6 Å². The number of thioether (sulfide) groups is 1. The van der Waals surface area contributed by atoms with Crippen LogP contribution >= 0.6 is 11.8 Å². The van der Waals surface area contributed by atoms with Gasteiger partial charge in [-0.3, -0.25) is 14.9 Å². The first-order chi connectivity index (χ1) is 9.51. The van der Waals surface area contributed by atoms with Gasteiger partial charge in [0.15, 0.2) is 0 Å². The average molecular weight is 305 g/mol. The molecule has 0 bridgehead atoms. The Balaban J connectivity index is 3.66. The number of carbonyl (C=O) groups excluding carboxylic acids is 3. The van der Waals surface area contributed by atoms with Gasteiger partial charge in [-0.15, -0.1) is 0 Å². The number of hydrogen-bond acceptors (Lipinski definition) is 6. The maximum Gasteiger partial charge on any atom is 0.322 e. The van der Waals surface area contributed by atoms with E-state index in [1.165, 1.54) is 11.8 Å². The topological polar surface area (TPSA) is 111 Å². The lowest BCUT2D eigenvalue weighted by Crippen LogP contribution is -2.40. The Labute approximate surface area is 123 Å². The third-order valence-corrected chi connectivity index (χ3v) is 3.17. The summed E-state index contributed by atoms with van der Waals surface area (Å²) in [6.45, 7) is 4.47. The molecule has 1 atom stereocenters. The lowest BCUT2D eigenvalue weighted by Gasteiger charge is -2.10.